The molecule has 0 saturated carbocycles. The molecule has 0 aliphatic carbocycles. The van der Waals surface area contributed by atoms with Crippen LogP contribution in [-0.4, -0.2) is 59.7 Å². The van der Waals surface area contributed by atoms with Crippen molar-refractivity contribution >= 4 is 23.8 Å². The van der Waals surface area contributed by atoms with Crippen LogP contribution in [0.5, 0.6) is 0 Å². The van der Waals surface area contributed by atoms with Gasteiger partial charge in [0.1, 0.15) is 6.04 Å². The van der Waals surface area contributed by atoms with Crippen molar-refractivity contribution in [3.63, 3.8) is 0 Å². The van der Waals surface area contributed by atoms with Crippen LogP contribution in [0.4, 0.5) is 0 Å². The molecule has 1 heterocycles. The number of carbonyl (C=O) groups excluding carboxylic acids is 3. The van der Waals surface area contributed by atoms with E-state index in [1.165, 1.54) is 11.6 Å². The molecule has 6 heteroatoms. The minimum Gasteiger partial charge on any atom is -0.341 e. The van der Waals surface area contributed by atoms with Crippen molar-refractivity contribution in [2.75, 3.05) is 26.2 Å². The second-order valence-electron chi connectivity index (χ2n) is 7.64. The standard InChI is InChI=1S/C25H29N3O3/c1-3-20-9-12-22(13-10-20)25(31)28-17-15-27(16-18-28)24(30)19(2)26-23(29)14-11-21-7-5-4-6-8-21/h4-14,19H,3,15-18H2,1-2H3,(H,26,29)/b14-11+. The molecule has 0 aromatic heterocycles. The van der Waals surface area contributed by atoms with Gasteiger partial charge < -0.3 is 15.1 Å². The van der Waals surface area contributed by atoms with E-state index in [0.717, 1.165) is 12.0 Å². The predicted octanol–water partition coefficient (Wildman–Crippen LogP) is 2.75. The first kappa shape index (κ1) is 22.3. The van der Waals surface area contributed by atoms with Gasteiger partial charge in [-0.3, -0.25) is 14.4 Å². The fraction of sp³-hybridized carbons (Fsp3) is 0.320. The average Bonchev–Trinajstić information content (AvgIpc) is 2.82. The molecule has 31 heavy (non-hydrogen) atoms. The van der Waals surface area contributed by atoms with E-state index in [-0.39, 0.29) is 17.7 Å². The Hall–Kier alpha value is -3.41. The van der Waals surface area contributed by atoms with Crippen molar-refractivity contribution in [1.82, 2.24) is 15.1 Å². The van der Waals surface area contributed by atoms with Gasteiger partial charge in [-0.15, -0.1) is 0 Å². The minimum absolute atomic E-state index is 0.0119. The Labute approximate surface area is 183 Å². The van der Waals surface area contributed by atoms with Gasteiger partial charge in [0.15, 0.2) is 0 Å². The van der Waals surface area contributed by atoms with Crippen molar-refractivity contribution in [2.45, 2.75) is 26.3 Å². The summed E-state index contributed by atoms with van der Waals surface area (Å²) in [6.07, 6.45) is 4.08. The normalized spacial score (nSPS) is 15.0. The Morgan fingerprint density at radius 3 is 2.16 bits per heavy atom. The van der Waals surface area contributed by atoms with E-state index in [4.69, 9.17) is 0 Å². The highest BCUT2D eigenvalue weighted by Crippen LogP contribution is 2.12. The summed E-state index contributed by atoms with van der Waals surface area (Å²) in [5, 5.41) is 2.72. The van der Waals surface area contributed by atoms with E-state index in [1.54, 1.807) is 22.8 Å². The van der Waals surface area contributed by atoms with Gasteiger partial charge in [0.05, 0.1) is 0 Å². The highest BCUT2D eigenvalue weighted by Gasteiger charge is 2.27. The van der Waals surface area contributed by atoms with Crippen molar-refractivity contribution in [3.05, 3.63) is 77.4 Å². The van der Waals surface area contributed by atoms with Gasteiger partial charge in [0, 0.05) is 37.8 Å². The van der Waals surface area contributed by atoms with Crippen LogP contribution in [0.1, 0.15) is 35.3 Å². The summed E-state index contributed by atoms with van der Waals surface area (Å²) in [6, 6.07) is 16.5. The molecule has 0 bridgehead atoms. The van der Waals surface area contributed by atoms with E-state index in [0.29, 0.717) is 31.7 Å². The number of hydrogen-bond donors (Lipinski definition) is 1. The van der Waals surface area contributed by atoms with Crippen LogP contribution < -0.4 is 5.32 Å². The Morgan fingerprint density at radius 1 is 0.935 bits per heavy atom. The monoisotopic (exact) mass is 419 g/mol. The molecule has 1 N–H and O–H groups in total. The molecule has 1 aliphatic rings. The quantitative estimate of drug-likeness (QED) is 0.732. The lowest BCUT2D eigenvalue weighted by molar-refractivity contribution is -0.136. The first-order valence-corrected chi connectivity index (χ1v) is 10.7. The number of nitrogens with zero attached hydrogens (tertiary/aromatic N) is 2. The van der Waals surface area contributed by atoms with Crippen LogP contribution in [0, 0.1) is 0 Å². The number of aryl methyl sites for hydroxylation is 1. The third-order valence-corrected chi connectivity index (χ3v) is 5.44. The van der Waals surface area contributed by atoms with E-state index < -0.39 is 6.04 Å². The maximum atomic E-state index is 12.7. The number of amides is 3. The third kappa shape index (κ3) is 6.04. The minimum atomic E-state index is -0.628. The molecule has 162 valence electrons. The zero-order valence-corrected chi connectivity index (χ0v) is 18.1. The largest absolute Gasteiger partial charge is 0.341 e. The maximum absolute atomic E-state index is 12.7. The molecule has 1 atom stereocenters. The first-order chi connectivity index (χ1) is 15.0. The summed E-state index contributed by atoms with van der Waals surface area (Å²) in [5.41, 5.74) is 2.78. The molecular weight excluding hydrogens is 390 g/mol. The molecule has 0 spiro atoms. The third-order valence-electron chi connectivity index (χ3n) is 5.44. The van der Waals surface area contributed by atoms with E-state index >= 15 is 0 Å². The topological polar surface area (TPSA) is 69.7 Å². The molecule has 2 aromatic rings. The second-order valence-corrected chi connectivity index (χ2v) is 7.64. The van der Waals surface area contributed by atoms with Crippen molar-refractivity contribution in [2.24, 2.45) is 0 Å². The highest BCUT2D eigenvalue weighted by atomic mass is 16.2. The Balaban J connectivity index is 1.48. The maximum Gasteiger partial charge on any atom is 0.253 e. The van der Waals surface area contributed by atoms with Crippen LogP contribution >= 0.6 is 0 Å². The van der Waals surface area contributed by atoms with Gasteiger partial charge in [-0.05, 0) is 42.7 Å². The van der Waals surface area contributed by atoms with Crippen molar-refractivity contribution in [1.29, 1.82) is 0 Å². The van der Waals surface area contributed by atoms with Gasteiger partial charge in [0.2, 0.25) is 11.8 Å². The van der Waals surface area contributed by atoms with Gasteiger partial charge >= 0.3 is 0 Å². The summed E-state index contributed by atoms with van der Waals surface area (Å²) in [7, 11) is 0. The van der Waals surface area contributed by atoms with Crippen molar-refractivity contribution in [3.8, 4) is 0 Å². The van der Waals surface area contributed by atoms with Gasteiger partial charge in [-0.2, -0.15) is 0 Å². The van der Waals surface area contributed by atoms with Gasteiger partial charge in [0.25, 0.3) is 5.91 Å². The van der Waals surface area contributed by atoms with Crippen LogP contribution in [0.25, 0.3) is 6.08 Å². The highest BCUT2D eigenvalue weighted by molar-refractivity contribution is 5.96. The number of rotatable bonds is 6. The molecular formula is C25H29N3O3. The number of benzene rings is 2. The summed E-state index contributed by atoms with van der Waals surface area (Å²) >= 11 is 0. The summed E-state index contributed by atoms with van der Waals surface area (Å²) in [4.78, 5) is 41.0. The van der Waals surface area contributed by atoms with E-state index in [1.807, 2.05) is 54.6 Å². The number of carbonyl (C=O) groups is 3. The van der Waals surface area contributed by atoms with Gasteiger partial charge in [-0.25, -0.2) is 0 Å². The number of nitrogens with one attached hydrogen (secondary N) is 1. The molecule has 2 aromatic carbocycles. The van der Waals surface area contributed by atoms with E-state index in [9.17, 15) is 14.4 Å². The molecule has 3 rings (SSSR count). The van der Waals surface area contributed by atoms with Crippen LogP contribution in [0.3, 0.4) is 0 Å². The second kappa shape index (κ2) is 10.6. The van der Waals surface area contributed by atoms with E-state index in [2.05, 4.69) is 12.2 Å². The average molecular weight is 420 g/mol. The Kier molecular flexibility index (Phi) is 7.60. The Morgan fingerprint density at radius 2 is 1.55 bits per heavy atom. The Bertz CT molecular complexity index is 930. The fourth-order valence-corrected chi connectivity index (χ4v) is 3.53. The van der Waals surface area contributed by atoms with Crippen LogP contribution in [0.2, 0.25) is 0 Å². The lowest BCUT2D eigenvalue weighted by Crippen LogP contribution is -2.55. The number of piperazine rings is 1. The SMILES string of the molecule is CCc1ccc(C(=O)N2CCN(C(=O)C(C)NC(=O)/C=C/c3ccccc3)CC2)cc1. The molecule has 3 amide bonds. The lowest BCUT2D eigenvalue weighted by atomic mass is 10.1. The zero-order chi connectivity index (χ0) is 22.2. The van der Waals surface area contributed by atoms with Gasteiger partial charge in [-0.1, -0.05) is 49.4 Å². The summed E-state index contributed by atoms with van der Waals surface area (Å²) in [6.45, 7) is 5.64. The van der Waals surface area contributed by atoms with Crippen molar-refractivity contribution < 1.29 is 14.4 Å². The molecule has 6 nitrogen and oxygen atoms in total. The summed E-state index contributed by atoms with van der Waals surface area (Å²) in [5.74, 6) is -0.461. The van der Waals surface area contributed by atoms with Crippen LogP contribution in [0.15, 0.2) is 60.7 Å². The molecule has 1 saturated heterocycles. The first-order valence-electron chi connectivity index (χ1n) is 10.7. The summed E-state index contributed by atoms with van der Waals surface area (Å²) < 4.78 is 0. The number of hydrogen-bond acceptors (Lipinski definition) is 3. The smallest absolute Gasteiger partial charge is 0.253 e. The lowest BCUT2D eigenvalue weighted by Gasteiger charge is -2.36. The fourth-order valence-electron chi connectivity index (χ4n) is 3.53. The zero-order valence-electron chi connectivity index (χ0n) is 18.1. The van der Waals surface area contributed by atoms with Crippen LogP contribution in [-0.2, 0) is 16.0 Å². The molecule has 1 aliphatic heterocycles. The predicted molar refractivity (Wildman–Crippen MR) is 121 cm³/mol. The molecule has 0 radical (unpaired) electrons. The molecule has 1 fully saturated rings. The molecule has 1 unspecified atom stereocenters.